The number of rotatable bonds is 7. The number of allylic oxidation sites excluding steroid dienone is 5. The van der Waals surface area contributed by atoms with Crippen LogP contribution in [0.15, 0.2) is 60.2 Å². The maximum atomic E-state index is 13.2. The van der Waals surface area contributed by atoms with Gasteiger partial charge in [0.2, 0.25) is 0 Å². The Labute approximate surface area is 165 Å². The van der Waals surface area contributed by atoms with E-state index in [-0.39, 0.29) is 5.83 Å². The molecule has 27 heavy (non-hydrogen) atoms. The molecule has 3 aliphatic rings. The topological polar surface area (TPSA) is 24.5 Å². The van der Waals surface area contributed by atoms with Crippen molar-refractivity contribution in [2.75, 3.05) is 37.2 Å². The number of ether oxygens (including phenoxy) is 1. The van der Waals surface area contributed by atoms with E-state index >= 15 is 0 Å². The van der Waals surface area contributed by atoms with E-state index in [0.717, 1.165) is 37.2 Å². The average Bonchev–Trinajstić information content (AvgIpc) is 3.06. The molecule has 1 aliphatic heterocycles. The zero-order valence-electron chi connectivity index (χ0n) is 16.0. The summed E-state index contributed by atoms with van der Waals surface area (Å²) in [5.41, 5.74) is 2.95. The van der Waals surface area contributed by atoms with Gasteiger partial charge in [-0.3, -0.25) is 4.90 Å². The standard InChI is InChI=1S/C22H27FN2OS/c1-22(16-5-3-7-18(13-16)24-27-2)20-14-25(15-21(20)22)11-12-26-19-8-4-6-17(23)9-10-19/h3-5,7-10,13,20-21,24H,6,11-12,14-15H2,1-2H3. The van der Waals surface area contributed by atoms with Gasteiger partial charge in [0.25, 0.3) is 0 Å². The van der Waals surface area contributed by atoms with Gasteiger partial charge in [-0.15, -0.1) is 0 Å². The molecule has 4 rings (SSSR count). The summed E-state index contributed by atoms with van der Waals surface area (Å²) in [6.07, 6.45) is 9.27. The number of halogens is 1. The summed E-state index contributed by atoms with van der Waals surface area (Å²) in [5, 5.41) is 0. The number of nitrogens with zero attached hydrogens (tertiary/aromatic N) is 1. The number of anilines is 1. The molecule has 2 unspecified atom stereocenters. The van der Waals surface area contributed by atoms with Crippen LogP contribution in [-0.2, 0) is 10.2 Å². The van der Waals surface area contributed by atoms with E-state index in [1.807, 2.05) is 12.3 Å². The number of benzene rings is 1. The van der Waals surface area contributed by atoms with Crippen molar-refractivity contribution in [2.24, 2.45) is 11.8 Å². The third-order valence-electron chi connectivity index (χ3n) is 6.23. The Kier molecular flexibility index (Phi) is 5.33. The zero-order chi connectivity index (χ0) is 18.9. The lowest BCUT2D eigenvalue weighted by atomic mass is 9.92. The van der Waals surface area contributed by atoms with Crippen LogP contribution in [-0.4, -0.2) is 37.4 Å². The first-order valence-electron chi connectivity index (χ1n) is 9.59. The highest BCUT2D eigenvalue weighted by molar-refractivity contribution is 7.99. The van der Waals surface area contributed by atoms with Crippen LogP contribution in [0.1, 0.15) is 18.9 Å². The molecule has 1 heterocycles. The summed E-state index contributed by atoms with van der Waals surface area (Å²) in [5.74, 6) is 2.09. The van der Waals surface area contributed by atoms with Gasteiger partial charge in [0.15, 0.2) is 0 Å². The molecule has 2 aliphatic carbocycles. The molecule has 0 amide bonds. The van der Waals surface area contributed by atoms with Crippen molar-refractivity contribution in [2.45, 2.75) is 18.8 Å². The molecule has 0 bridgehead atoms. The van der Waals surface area contributed by atoms with Gasteiger partial charge >= 0.3 is 0 Å². The fraction of sp³-hybridized carbons (Fsp3) is 0.455. The Morgan fingerprint density at radius 2 is 2.11 bits per heavy atom. The molecule has 5 heteroatoms. The molecule has 0 spiro atoms. The lowest BCUT2D eigenvalue weighted by Gasteiger charge is -2.24. The second kappa shape index (κ2) is 7.72. The zero-order valence-corrected chi connectivity index (χ0v) is 16.8. The summed E-state index contributed by atoms with van der Waals surface area (Å²) in [4.78, 5) is 2.50. The Morgan fingerprint density at radius 1 is 1.30 bits per heavy atom. The van der Waals surface area contributed by atoms with E-state index in [2.05, 4.69) is 40.8 Å². The van der Waals surface area contributed by atoms with E-state index in [4.69, 9.17) is 4.74 Å². The predicted octanol–water partition coefficient (Wildman–Crippen LogP) is 4.91. The number of likely N-dealkylation sites (tertiary alicyclic amines) is 1. The van der Waals surface area contributed by atoms with E-state index < -0.39 is 0 Å². The molecule has 2 atom stereocenters. The van der Waals surface area contributed by atoms with Gasteiger partial charge in [-0.05, 0) is 47.8 Å². The van der Waals surface area contributed by atoms with E-state index in [9.17, 15) is 4.39 Å². The molecule has 1 saturated heterocycles. The fourth-order valence-corrected chi connectivity index (χ4v) is 4.94. The highest BCUT2D eigenvalue weighted by Crippen LogP contribution is 2.63. The molecule has 0 radical (unpaired) electrons. The second-order valence-electron chi connectivity index (χ2n) is 7.78. The van der Waals surface area contributed by atoms with Crippen molar-refractivity contribution in [1.82, 2.24) is 4.90 Å². The monoisotopic (exact) mass is 386 g/mol. The van der Waals surface area contributed by atoms with Gasteiger partial charge in [-0.1, -0.05) is 37.1 Å². The van der Waals surface area contributed by atoms with Crippen molar-refractivity contribution in [3.8, 4) is 0 Å². The number of piperidine rings is 1. The Balaban J connectivity index is 1.28. The molecule has 2 fully saturated rings. The predicted molar refractivity (Wildman–Crippen MR) is 111 cm³/mol. The van der Waals surface area contributed by atoms with Crippen LogP contribution < -0.4 is 4.72 Å². The maximum absolute atomic E-state index is 13.2. The first-order chi connectivity index (χ1) is 13.1. The first-order valence-corrected chi connectivity index (χ1v) is 10.8. The molecule has 1 N–H and O–H groups in total. The largest absolute Gasteiger partial charge is 0.492 e. The number of fused-ring (bicyclic) bond motifs is 1. The molecule has 0 aromatic heterocycles. The smallest absolute Gasteiger partial charge is 0.119 e. The maximum Gasteiger partial charge on any atom is 0.119 e. The summed E-state index contributed by atoms with van der Waals surface area (Å²) in [6.45, 7) is 6.25. The third-order valence-corrected chi connectivity index (χ3v) is 6.67. The second-order valence-corrected chi connectivity index (χ2v) is 8.39. The van der Waals surface area contributed by atoms with Crippen LogP contribution in [0.25, 0.3) is 0 Å². The quantitative estimate of drug-likeness (QED) is 0.673. The van der Waals surface area contributed by atoms with Gasteiger partial charge in [-0.25, -0.2) is 4.39 Å². The molecule has 1 aromatic rings. The number of nitrogens with one attached hydrogen (secondary N) is 1. The van der Waals surface area contributed by atoms with Crippen molar-refractivity contribution in [3.05, 3.63) is 65.7 Å². The summed E-state index contributed by atoms with van der Waals surface area (Å²) >= 11 is 1.63. The highest BCUT2D eigenvalue weighted by atomic mass is 32.2. The Hall–Kier alpha value is -1.72. The Bertz CT molecular complexity index is 776. The lowest BCUT2D eigenvalue weighted by molar-refractivity contribution is 0.167. The molecule has 1 saturated carbocycles. The van der Waals surface area contributed by atoms with Gasteiger partial charge in [-0.2, -0.15) is 0 Å². The van der Waals surface area contributed by atoms with E-state index in [1.165, 1.54) is 17.3 Å². The van der Waals surface area contributed by atoms with Crippen molar-refractivity contribution in [3.63, 3.8) is 0 Å². The summed E-state index contributed by atoms with van der Waals surface area (Å²) in [7, 11) is 0. The van der Waals surface area contributed by atoms with Gasteiger partial charge in [0, 0.05) is 43.4 Å². The number of hydrogen-bond acceptors (Lipinski definition) is 4. The highest BCUT2D eigenvalue weighted by Gasteiger charge is 2.65. The lowest BCUT2D eigenvalue weighted by Crippen LogP contribution is -2.31. The van der Waals surface area contributed by atoms with Crippen LogP contribution in [0.2, 0.25) is 0 Å². The van der Waals surface area contributed by atoms with Crippen LogP contribution in [0.5, 0.6) is 0 Å². The minimum atomic E-state index is -0.124. The van der Waals surface area contributed by atoms with Crippen molar-refractivity contribution in [1.29, 1.82) is 0 Å². The van der Waals surface area contributed by atoms with E-state index in [1.54, 1.807) is 24.1 Å². The summed E-state index contributed by atoms with van der Waals surface area (Å²) < 4.78 is 22.4. The molecule has 3 nitrogen and oxygen atoms in total. The van der Waals surface area contributed by atoms with Gasteiger partial charge in [0.1, 0.15) is 18.2 Å². The van der Waals surface area contributed by atoms with Crippen molar-refractivity contribution >= 4 is 17.6 Å². The fourth-order valence-electron chi connectivity index (χ4n) is 4.58. The van der Waals surface area contributed by atoms with Crippen LogP contribution in [0.4, 0.5) is 10.1 Å². The minimum absolute atomic E-state index is 0.124. The van der Waals surface area contributed by atoms with Crippen LogP contribution >= 0.6 is 11.9 Å². The van der Waals surface area contributed by atoms with Gasteiger partial charge < -0.3 is 9.46 Å². The first kappa shape index (κ1) is 18.6. The average molecular weight is 387 g/mol. The van der Waals surface area contributed by atoms with Crippen molar-refractivity contribution < 1.29 is 9.13 Å². The number of hydrogen-bond donors (Lipinski definition) is 1. The minimum Gasteiger partial charge on any atom is -0.492 e. The van der Waals surface area contributed by atoms with E-state index in [0.29, 0.717) is 18.4 Å². The molecular formula is C22H27FN2OS. The SMILES string of the molecule is CSNc1cccc(C2(C)C3CN(CCOC4=CC=C(F)CC=C4)CC32)c1. The third kappa shape index (κ3) is 3.81. The Morgan fingerprint density at radius 3 is 2.89 bits per heavy atom. The van der Waals surface area contributed by atoms with Crippen LogP contribution in [0, 0.1) is 11.8 Å². The summed E-state index contributed by atoms with van der Waals surface area (Å²) in [6, 6.07) is 8.86. The molecule has 1 aromatic carbocycles. The van der Waals surface area contributed by atoms with Crippen LogP contribution in [0.3, 0.4) is 0 Å². The van der Waals surface area contributed by atoms with Gasteiger partial charge in [0.05, 0.1) is 0 Å². The molecule has 144 valence electrons. The normalized spacial score (nSPS) is 29.6. The molecular weight excluding hydrogens is 359 g/mol.